The largest absolute Gasteiger partial charge is 0.507 e. The molecule has 0 heterocycles. The standard InChI is InChI=1S/C144H147Cl3O3/c1-73-37-103-38-74(2)121(73)109-55-97(61-115(67-109)139(19,20)21)91-49-92-51-93(50-91)99-57-111(69-117(63-99)141(25,26)27)124-79(7)43-106(44-80(124)8)130-88(16)135(147)90(18)132(138(130)150)108-47-83(11)126(84(12)48-108)114-60-102(66-120(72-114)144(34,35)36)96-53-94(100-58-112(70-118(64-100)142(28,29)30)122-75(3)39-104(40-76(122)4)128-86(14)133(145)85(13)127(103)136(128)148)52-95(54-96)101-59-113(71-119(65-101)143(31,32)33)125-81(9)45-107(46-82(125)10)131-89(17)134(146)87(15)129(137(131)149)105-41-77(5)123(78(6)42-105)110-56-98(92)62-116(68-110)140(22,23)24/h37-72,148-150H,1-36H3. The first-order valence-electron chi connectivity index (χ1n) is 53.5. The fraction of sp³-hybridized carbons (Fsp3) is 0.292. The molecular weight excluding hydrogens is 1880 g/mol. The van der Waals surface area contributed by atoms with Crippen LogP contribution in [0.1, 0.15) is 258 Å². The van der Waals surface area contributed by atoms with E-state index in [1.807, 2.05) is 0 Å². The van der Waals surface area contributed by atoms with Crippen molar-refractivity contribution in [2.75, 3.05) is 0 Å². The van der Waals surface area contributed by atoms with Crippen molar-refractivity contribution >= 4 is 34.8 Å². The van der Waals surface area contributed by atoms with Crippen LogP contribution in [0, 0.1) is 125 Å². The smallest absolute Gasteiger partial charge is 0.131 e. The molecular formula is C144H147Cl3O3. The van der Waals surface area contributed by atoms with Gasteiger partial charge in [0.2, 0.25) is 0 Å². The van der Waals surface area contributed by atoms with Crippen molar-refractivity contribution in [2.45, 2.75) is 282 Å². The van der Waals surface area contributed by atoms with Crippen LogP contribution < -0.4 is 0 Å². The summed E-state index contributed by atoms with van der Waals surface area (Å²) in [6, 6.07) is 85.3. The average molecular weight is 2030 g/mol. The Labute approximate surface area is 909 Å². The van der Waals surface area contributed by atoms with Gasteiger partial charge in [-0.25, -0.2) is 0 Å². The molecule has 0 unspecified atom stereocenters. The van der Waals surface area contributed by atoms with Gasteiger partial charge in [0, 0.05) is 48.4 Å². The van der Waals surface area contributed by atoms with Gasteiger partial charge in [0.15, 0.2) is 0 Å². The van der Waals surface area contributed by atoms with Crippen molar-refractivity contribution in [3.05, 3.63) is 367 Å². The van der Waals surface area contributed by atoms with Gasteiger partial charge in [0.25, 0.3) is 0 Å². The maximum Gasteiger partial charge on any atom is 0.131 e. The molecule has 0 aromatic heterocycles. The van der Waals surface area contributed by atoms with Crippen LogP contribution in [0.25, 0.3) is 200 Å². The van der Waals surface area contributed by atoms with E-state index in [1.54, 1.807) is 0 Å². The SMILES string of the molecule is Cc1cc2cc(C)c1-c1cc(cc(C(C)(C)C)c1)-c1cc3cc(c1)-c1cc(cc(C(C)(C)C)c1)-c1c(C)cc(cc1C)-c1c(C)c(Cl)c(C)c(c1O)-c1cc(C)c(c(C)c1)-c1cc(cc(C(C)(C)C)c1)-c1cc(cc(c1)-c1cc(cc(C(C)(C)C)c1)-c1c(C)cc(cc1C)-c1c(C)c(Cl)c(C)c(c1O)-c1cc(C)c(c(C)c1)-c1cc-3cc(C(C)(C)C)c1)-c1cc(cc(C(C)(C)C)c1)-c1c(C)cc(cc1C)-c1c(C)c(Cl)c(C)c-2c1O. The molecule has 6 heteroatoms. The second-order valence-corrected chi connectivity index (χ2v) is 51.9. The van der Waals surface area contributed by atoms with E-state index in [9.17, 15) is 15.3 Å². The van der Waals surface area contributed by atoms with Crippen LogP contribution in [-0.2, 0) is 32.5 Å². The lowest BCUT2D eigenvalue weighted by atomic mass is 9.79. The Bertz CT molecular complexity index is 7210. The molecule has 150 heavy (non-hydrogen) atoms. The third kappa shape index (κ3) is 18.8. The van der Waals surface area contributed by atoms with Gasteiger partial charge in [-0.1, -0.05) is 305 Å². The second kappa shape index (κ2) is 37.5. The highest BCUT2D eigenvalue weighted by atomic mass is 35.5. The lowest BCUT2D eigenvalue weighted by Crippen LogP contribution is -2.12. The topological polar surface area (TPSA) is 60.7 Å². The highest BCUT2D eigenvalue weighted by Crippen LogP contribution is 2.57. The summed E-state index contributed by atoms with van der Waals surface area (Å²) in [5, 5.41) is 42.7. The van der Waals surface area contributed by atoms with E-state index in [1.165, 1.54) is 33.4 Å². The number of aryl methyl sites for hydroxylation is 12. The highest BCUT2D eigenvalue weighted by molar-refractivity contribution is 6.34. The molecule has 0 spiro atoms. The quantitative estimate of drug-likeness (QED) is 0.142. The highest BCUT2D eigenvalue weighted by Gasteiger charge is 2.34. The molecule has 0 radical (unpaired) electrons. The predicted molar refractivity (Wildman–Crippen MR) is 649 cm³/mol. The van der Waals surface area contributed by atoms with Gasteiger partial charge in [-0.05, 0) is 530 Å². The summed E-state index contributed by atoms with van der Waals surface area (Å²) in [4.78, 5) is 0. The molecule has 36 bridgehead atoms. The van der Waals surface area contributed by atoms with Crippen molar-refractivity contribution in [1.82, 2.24) is 0 Å². The Balaban J connectivity index is 0.967. The molecule has 0 aliphatic heterocycles. The molecule has 17 aromatic rings. The number of aromatic hydroxyl groups is 3. The summed E-state index contributed by atoms with van der Waals surface area (Å²) in [7, 11) is 0. The molecule has 0 atom stereocenters. The van der Waals surface area contributed by atoms with E-state index in [-0.39, 0.29) is 49.7 Å². The number of rotatable bonds is 0. The maximum absolute atomic E-state index is 13.6. The van der Waals surface area contributed by atoms with Gasteiger partial charge in [0.05, 0.1) is 0 Å². The van der Waals surface area contributed by atoms with E-state index in [2.05, 4.69) is 468 Å². The van der Waals surface area contributed by atoms with Crippen LogP contribution in [0.2, 0.25) is 15.1 Å². The minimum atomic E-state index is -0.294. The zero-order chi connectivity index (χ0) is 109. The first kappa shape index (κ1) is 105. The number of benzene rings is 17. The van der Waals surface area contributed by atoms with E-state index >= 15 is 0 Å². The lowest BCUT2D eigenvalue weighted by Gasteiger charge is -2.26. The molecule has 0 amide bonds. The van der Waals surface area contributed by atoms with E-state index in [0.717, 1.165) is 267 Å². The van der Waals surface area contributed by atoms with E-state index in [0.29, 0.717) is 48.4 Å². The van der Waals surface area contributed by atoms with Crippen LogP contribution in [0.5, 0.6) is 17.2 Å². The molecule has 3 nitrogen and oxygen atoms in total. The van der Waals surface area contributed by atoms with Crippen molar-refractivity contribution in [2.24, 2.45) is 0 Å². The van der Waals surface area contributed by atoms with Crippen LogP contribution in [-0.4, -0.2) is 15.3 Å². The Morgan fingerprint density at radius 2 is 0.213 bits per heavy atom. The summed E-state index contributed by atoms with van der Waals surface area (Å²) in [5.41, 5.74) is 59.0. The van der Waals surface area contributed by atoms with Crippen LogP contribution in [0.15, 0.2) is 218 Å². The summed E-state index contributed by atoms with van der Waals surface area (Å²) < 4.78 is 0. The minimum absolute atomic E-state index is 0.200. The van der Waals surface area contributed by atoms with Crippen molar-refractivity contribution in [3.63, 3.8) is 0 Å². The first-order valence-corrected chi connectivity index (χ1v) is 54.7. The van der Waals surface area contributed by atoms with E-state index < -0.39 is 0 Å². The molecule has 17 aromatic carbocycles. The third-order valence-electron chi connectivity index (χ3n) is 33.0. The van der Waals surface area contributed by atoms with Crippen LogP contribution >= 0.6 is 34.8 Å². The molecule has 0 fully saturated rings. The molecule has 44 rings (SSSR count). The van der Waals surface area contributed by atoms with Gasteiger partial charge in [0.1, 0.15) is 17.2 Å². The minimum Gasteiger partial charge on any atom is -0.507 e. The van der Waals surface area contributed by atoms with Gasteiger partial charge in [-0.2, -0.15) is 0 Å². The number of hydrogen-bond donors (Lipinski definition) is 3. The monoisotopic (exact) mass is 2030 g/mol. The number of halogens is 3. The van der Waals surface area contributed by atoms with Gasteiger partial charge in [-0.15, -0.1) is 0 Å². The summed E-state index contributed by atoms with van der Waals surface area (Å²) in [6.07, 6.45) is 0. The fourth-order valence-electron chi connectivity index (χ4n) is 24.9. The number of hydrogen-bond acceptors (Lipinski definition) is 3. The Hall–Kier alpha value is -13.0. The Morgan fingerprint density at radius 1 is 0.127 bits per heavy atom. The summed E-state index contributed by atoms with van der Waals surface area (Å²) >= 11 is 23.4. The predicted octanol–water partition coefficient (Wildman–Crippen LogP) is 42.7. The van der Waals surface area contributed by atoms with Gasteiger partial charge < -0.3 is 15.3 Å². The Morgan fingerprint density at radius 3 is 0.320 bits per heavy atom. The first-order chi connectivity index (χ1) is 70.0. The average Bonchev–Trinajstić information content (AvgIpc) is 0.741. The zero-order valence-electron chi connectivity index (χ0n) is 95.3. The normalized spacial score (nSPS) is 12.6. The molecule has 0 saturated carbocycles. The fourth-order valence-corrected chi connectivity index (χ4v) is 25.5. The molecule has 0 saturated heterocycles. The summed E-state index contributed by atoms with van der Waals surface area (Å²) in [5.74, 6) is 0.601. The number of phenolic OH excluding ortho intramolecular Hbond substituents is 3. The van der Waals surface area contributed by atoms with Crippen molar-refractivity contribution in [1.29, 1.82) is 0 Å². The van der Waals surface area contributed by atoms with Gasteiger partial charge in [-0.3, -0.25) is 0 Å². The van der Waals surface area contributed by atoms with E-state index in [4.69, 9.17) is 34.8 Å². The summed E-state index contributed by atoms with van der Waals surface area (Å²) in [6.45, 7) is 80.8. The molecule has 27 aliphatic rings. The van der Waals surface area contributed by atoms with Crippen molar-refractivity contribution in [3.8, 4) is 218 Å². The molecule has 762 valence electrons. The van der Waals surface area contributed by atoms with Crippen molar-refractivity contribution < 1.29 is 15.3 Å². The number of phenols is 3. The zero-order valence-corrected chi connectivity index (χ0v) is 97.5. The molecule has 27 aliphatic carbocycles. The van der Waals surface area contributed by atoms with Crippen LogP contribution in [0.4, 0.5) is 0 Å². The molecule has 3 N–H and O–H groups in total. The lowest BCUT2D eigenvalue weighted by molar-refractivity contribution is 0.478. The van der Waals surface area contributed by atoms with Gasteiger partial charge >= 0.3 is 0 Å². The second-order valence-electron chi connectivity index (χ2n) is 50.8. The maximum atomic E-state index is 13.6. The third-order valence-corrected chi connectivity index (χ3v) is 34.7. The van der Waals surface area contributed by atoms with Crippen LogP contribution in [0.3, 0.4) is 0 Å². The Kier molecular flexibility index (Phi) is 26.4.